The van der Waals surface area contributed by atoms with E-state index in [9.17, 15) is 9.59 Å². The molecule has 0 aliphatic rings. The lowest BCUT2D eigenvalue weighted by Crippen LogP contribution is -2.43. The lowest BCUT2D eigenvalue weighted by molar-refractivity contribution is -0.144. The molecular formula is C20H26BrNO5. The second-order valence-corrected chi connectivity index (χ2v) is 8.73. The van der Waals surface area contributed by atoms with Crippen molar-refractivity contribution in [3.05, 3.63) is 34.3 Å². The largest absolute Gasteiger partial charge is 0.534 e. The molecule has 1 amide bonds. The van der Waals surface area contributed by atoms with E-state index in [1.54, 1.807) is 48.5 Å². The van der Waals surface area contributed by atoms with Crippen LogP contribution < -0.4 is 0 Å². The van der Waals surface area contributed by atoms with Crippen molar-refractivity contribution >= 4 is 28.2 Å². The fourth-order valence-electron chi connectivity index (χ4n) is 1.74. The number of amides is 1. The van der Waals surface area contributed by atoms with Crippen LogP contribution in [0.4, 0.5) is 9.59 Å². The van der Waals surface area contributed by atoms with Gasteiger partial charge in [-0.3, -0.25) is 4.84 Å². The van der Waals surface area contributed by atoms with Gasteiger partial charge in [-0.15, -0.1) is 5.06 Å². The second kappa shape index (κ2) is 9.14. The summed E-state index contributed by atoms with van der Waals surface area (Å²) in [6.45, 7) is 11.9. The third-order valence-corrected chi connectivity index (χ3v) is 3.23. The molecule has 148 valence electrons. The molecule has 1 rings (SSSR count). The number of carbonyl (C=O) groups is 2. The minimum absolute atomic E-state index is 0.748. The Hall–Kier alpha value is -2.20. The summed E-state index contributed by atoms with van der Waals surface area (Å²) in [6.07, 6.45) is -1.84. The van der Waals surface area contributed by atoms with E-state index in [0.29, 0.717) is 0 Å². The molecule has 7 heteroatoms. The number of halogens is 1. The van der Waals surface area contributed by atoms with Gasteiger partial charge < -0.3 is 9.47 Å². The van der Waals surface area contributed by atoms with Crippen LogP contribution in [0, 0.1) is 11.8 Å². The lowest BCUT2D eigenvalue weighted by atomic mass is 10.2. The first-order chi connectivity index (χ1) is 12.3. The van der Waals surface area contributed by atoms with Gasteiger partial charge in [-0.05, 0) is 66.7 Å². The molecule has 0 saturated carbocycles. The molecular weight excluding hydrogens is 414 g/mol. The van der Waals surface area contributed by atoms with Gasteiger partial charge in [0.05, 0.1) is 0 Å². The van der Waals surface area contributed by atoms with Crippen molar-refractivity contribution in [2.45, 2.75) is 65.7 Å². The van der Waals surface area contributed by atoms with Crippen LogP contribution in [-0.4, -0.2) is 34.6 Å². The molecule has 0 bridgehead atoms. The van der Waals surface area contributed by atoms with E-state index >= 15 is 0 Å². The van der Waals surface area contributed by atoms with Crippen molar-refractivity contribution in [1.29, 1.82) is 0 Å². The van der Waals surface area contributed by atoms with Crippen LogP contribution in [0.5, 0.6) is 0 Å². The smallest absolute Gasteiger partial charge is 0.442 e. The molecule has 0 heterocycles. The van der Waals surface area contributed by atoms with E-state index in [1.165, 1.54) is 0 Å². The number of benzene rings is 1. The van der Waals surface area contributed by atoms with Crippen LogP contribution in [-0.2, 0) is 14.3 Å². The summed E-state index contributed by atoms with van der Waals surface area (Å²) in [7, 11) is 0. The standard InChI is InChI=1S/C20H26BrNO5/c1-14(11-12-15-9-8-10-16(21)13-15)22(17(23)25-19(2,3)4)27-18(24)26-20(5,6)7/h8-10,13-14H,1-7H3/t14-/m0/s1. The van der Waals surface area contributed by atoms with Crippen LogP contribution in [0.3, 0.4) is 0 Å². The van der Waals surface area contributed by atoms with E-state index in [1.807, 2.05) is 24.3 Å². The van der Waals surface area contributed by atoms with Gasteiger partial charge in [0.15, 0.2) is 0 Å². The van der Waals surface area contributed by atoms with Gasteiger partial charge in [0, 0.05) is 10.0 Å². The molecule has 0 aromatic heterocycles. The maximum absolute atomic E-state index is 12.5. The first kappa shape index (κ1) is 22.8. The third-order valence-electron chi connectivity index (χ3n) is 2.74. The normalized spacial score (nSPS) is 12.3. The molecule has 0 saturated heterocycles. The fourth-order valence-corrected chi connectivity index (χ4v) is 2.14. The SMILES string of the molecule is C[C@@H](C#Cc1cccc(Br)c1)N(OC(=O)OC(C)(C)C)C(=O)OC(C)(C)C. The molecule has 0 N–H and O–H groups in total. The zero-order valence-electron chi connectivity index (χ0n) is 16.8. The van der Waals surface area contributed by atoms with Crippen molar-refractivity contribution in [3.8, 4) is 11.8 Å². The molecule has 1 atom stereocenters. The quantitative estimate of drug-likeness (QED) is 0.337. The summed E-state index contributed by atoms with van der Waals surface area (Å²) in [6, 6.07) is 6.64. The van der Waals surface area contributed by atoms with Crippen molar-refractivity contribution in [2.75, 3.05) is 0 Å². The molecule has 0 fully saturated rings. The number of nitrogens with zero attached hydrogens (tertiary/aromatic N) is 1. The second-order valence-electron chi connectivity index (χ2n) is 7.82. The van der Waals surface area contributed by atoms with Crippen molar-refractivity contribution < 1.29 is 23.9 Å². The fraction of sp³-hybridized carbons (Fsp3) is 0.500. The third kappa shape index (κ3) is 9.34. The predicted octanol–water partition coefficient (Wildman–Crippen LogP) is 5.29. The molecule has 0 aliphatic heterocycles. The van der Waals surface area contributed by atoms with Gasteiger partial charge in [0.25, 0.3) is 0 Å². The summed E-state index contributed by atoms with van der Waals surface area (Å²) in [5.74, 6) is 5.83. The highest BCUT2D eigenvalue weighted by molar-refractivity contribution is 9.10. The van der Waals surface area contributed by atoms with Gasteiger partial charge in [-0.2, -0.15) is 0 Å². The van der Waals surface area contributed by atoms with Crippen molar-refractivity contribution in [3.63, 3.8) is 0 Å². The molecule has 1 aromatic carbocycles. The average Bonchev–Trinajstić information content (AvgIpc) is 2.47. The first-order valence-corrected chi connectivity index (χ1v) is 9.26. The van der Waals surface area contributed by atoms with Crippen LogP contribution in [0.15, 0.2) is 28.7 Å². The number of hydrogen-bond acceptors (Lipinski definition) is 5. The topological polar surface area (TPSA) is 65.1 Å². The Morgan fingerprint density at radius 2 is 1.67 bits per heavy atom. The van der Waals surface area contributed by atoms with Crippen LogP contribution >= 0.6 is 15.9 Å². The van der Waals surface area contributed by atoms with Crippen LogP contribution in [0.25, 0.3) is 0 Å². The zero-order valence-corrected chi connectivity index (χ0v) is 18.3. The average molecular weight is 440 g/mol. The number of hydroxylamine groups is 2. The van der Waals surface area contributed by atoms with E-state index in [-0.39, 0.29) is 0 Å². The maximum atomic E-state index is 12.5. The van der Waals surface area contributed by atoms with E-state index in [4.69, 9.17) is 14.3 Å². The predicted molar refractivity (Wildman–Crippen MR) is 106 cm³/mol. The number of hydrogen-bond donors (Lipinski definition) is 0. The Morgan fingerprint density at radius 1 is 1.07 bits per heavy atom. The Bertz CT molecular complexity index is 737. The summed E-state index contributed by atoms with van der Waals surface area (Å²) >= 11 is 3.38. The first-order valence-electron chi connectivity index (χ1n) is 8.47. The monoisotopic (exact) mass is 439 g/mol. The Labute approximate surface area is 169 Å². The van der Waals surface area contributed by atoms with Gasteiger partial charge in [-0.1, -0.05) is 33.8 Å². The minimum Gasteiger partial charge on any atom is -0.442 e. The Balaban J connectivity index is 3.02. The zero-order chi connectivity index (χ0) is 20.8. The minimum atomic E-state index is -1.01. The van der Waals surface area contributed by atoms with E-state index < -0.39 is 29.5 Å². The van der Waals surface area contributed by atoms with Gasteiger partial charge in [-0.25, -0.2) is 9.59 Å². The van der Waals surface area contributed by atoms with Gasteiger partial charge >= 0.3 is 12.2 Å². The molecule has 0 spiro atoms. The van der Waals surface area contributed by atoms with Crippen molar-refractivity contribution in [2.24, 2.45) is 0 Å². The summed E-state index contributed by atoms with van der Waals surface area (Å²) in [5.41, 5.74) is -0.774. The van der Waals surface area contributed by atoms with Gasteiger partial charge in [0.1, 0.15) is 17.2 Å². The summed E-state index contributed by atoms with van der Waals surface area (Å²) < 4.78 is 11.3. The Morgan fingerprint density at radius 3 is 2.19 bits per heavy atom. The Kier molecular flexibility index (Phi) is 7.73. The molecule has 27 heavy (non-hydrogen) atoms. The molecule has 0 radical (unpaired) electrons. The number of rotatable bonds is 1. The number of carbonyl (C=O) groups excluding carboxylic acids is 2. The van der Waals surface area contributed by atoms with Gasteiger partial charge in [0.2, 0.25) is 0 Å². The molecule has 0 unspecified atom stereocenters. The molecule has 1 aromatic rings. The lowest BCUT2D eigenvalue weighted by Gasteiger charge is -2.28. The summed E-state index contributed by atoms with van der Waals surface area (Å²) in [4.78, 5) is 29.6. The molecule has 0 aliphatic carbocycles. The highest BCUT2D eigenvalue weighted by Crippen LogP contribution is 2.15. The van der Waals surface area contributed by atoms with Crippen molar-refractivity contribution in [1.82, 2.24) is 5.06 Å². The molecule has 6 nitrogen and oxygen atoms in total. The van der Waals surface area contributed by atoms with Crippen LogP contribution in [0.2, 0.25) is 0 Å². The number of ether oxygens (including phenoxy) is 2. The highest BCUT2D eigenvalue weighted by Gasteiger charge is 2.31. The summed E-state index contributed by atoms with van der Waals surface area (Å²) in [5, 5.41) is 0.782. The van der Waals surface area contributed by atoms with E-state index in [2.05, 4.69) is 27.8 Å². The van der Waals surface area contributed by atoms with Crippen LogP contribution in [0.1, 0.15) is 54.0 Å². The highest BCUT2D eigenvalue weighted by atomic mass is 79.9. The maximum Gasteiger partial charge on any atom is 0.534 e. The van der Waals surface area contributed by atoms with E-state index in [0.717, 1.165) is 15.1 Å².